The van der Waals surface area contributed by atoms with Gasteiger partial charge >= 0.3 is 11.8 Å². The van der Waals surface area contributed by atoms with E-state index in [1.165, 1.54) is 0 Å². The van der Waals surface area contributed by atoms with Crippen LogP contribution in [0.2, 0.25) is 5.02 Å². The summed E-state index contributed by atoms with van der Waals surface area (Å²) in [5, 5.41) is 7.68. The molecule has 0 fully saturated rings. The number of rotatable bonds is 2. The Hall–Kier alpha value is -3.54. The number of nitrogens with one attached hydrogen (secondary N) is 2. The van der Waals surface area contributed by atoms with Crippen molar-refractivity contribution in [1.82, 2.24) is 5.43 Å². The molecule has 7 nitrogen and oxygen atoms in total. The zero-order chi connectivity index (χ0) is 18.5. The Morgan fingerprint density at radius 3 is 2.54 bits per heavy atom. The summed E-state index contributed by atoms with van der Waals surface area (Å²) in [5.41, 5.74) is 2.49. The molecule has 3 rings (SSSR count). The topological polar surface area (TPSA) is 100.0 Å². The molecule has 0 radical (unpaired) electrons. The number of para-hydroxylation sites is 1. The fourth-order valence-electron chi connectivity index (χ4n) is 2.09. The number of hydrogen-bond acceptors (Lipinski definition) is 4. The molecule has 1 heterocycles. The van der Waals surface area contributed by atoms with Gasteiger partial charge in [0.25, 0.3) is 5.91 Å². The van der Waals surface area contributed by atoms with E-state index in [1.807, 2.05) is 5.43 Å². The molecule has 2 N–H and O–H groups in total. The number of hydrazone groups is 1. The van der Waals surface area contributed by atoms with Gasteiger partial charge in [0, 0.05) is 21.8 Å². The van der Waals surface area contributed by atoms with Gasteiger partial charge in [-0.05, 0) is 36.4 Å². The van der Waals surface area contributed by atoms with Crippen molar-refractivity contribution in [3.8, 4) is 0 Å². The summed E-state index contributed by atoms with van der Waals surface area (Å²) in [5.74, 6) is -0.0776. The molecule has 8 heteroatoms. The van der Waals surface area contributed by atoms with Crippen molar-refractivity contribution in [3.63, 3.8) is 0 Å². The minimum Gasteiger partial charge on any atom is -0.318 e. The van der Waals surface area contributed by atoms with E-state index in [-0.39, 0.29) is 5.57 Å². The molecule has 0 atom stereocenters. The second kappa shape index (κ2) is 7.57. The lowest BCUT2D eigenvalue weighted by atomic mass is 10.1. The van der Waals surface area contributed by atoms with Crippen LogP contribution < -0.4 is 21.3 Å². The number of anilines is 1. The van der Waals surface area contributed by atoms with E-state index in [4.69, 9.17) is 11.6 Å². The molecule has 0 saturated carbocycles. The predicted octanol–water partition coefficient (Wildman–Crippen LogP) is 0.546. The van der Waals surface area contributed by atoms with E-state index < -0.39 is 17.7 Å². The van der Waals surface area contributed by atoms with E-state index in [1.54, 1.807) is 54.6 Å². The van der Waals surface area contributed by atoms with E-state index >= 15 is 0 Å². The highest BCUT2D eigenvalue weighted by Crippen LogP contribution is 2.13. The monoisotopic (exact) mass is 366 g/mol. The van der Waals surface area contributed by atoms with Gasteiger partial charge in [-0.2, -0.15) is 0 Å². The second-order valence-electron chi connectivity index (χ2n) is 5.16. The molecule has 0 aliphatic carbocycles. The largest absolute Gasteiger partial charge is 0.330 e. The van der Waals surface area contributed by atoms with Crippen molar-refractivity contribution in [3.05, 3.63) is 69.7 Å². The summed E-state index contributed by atoms with van der Waals surface area (Å²) in [6.07, 6.45) is 1.55. The van der Waals surface area contributed by atoms with Crippen LogP contribution in [0.3, 0.4) is 0 Å². The quantitative estimate of drug-likeness (QED) is 0.351. The van der Waals surface area contributed by atoms with E-state index in [0.29, 0.717) is 16.1 Å². The van der Waals surface area contributed by atoms with Gasteiger partial charge in [0.15, 0.2) is 0 Å². The molecular weight excluding hydrogens is 356 g/mol. The second-order valence-corrected chi connectivity index (χ2v) is 5.60. The third-order valence-electron chi connectivity index (χ3n) is 3.33. The standard InChI is InChI=1S/C18H11ClN4O3/c19-13-5-7-14(8-6-13)21-17(25)18(26)23-20-10-12-9-11-3-1-2-4-15(11)22-16(12)24/h1-9H,(H,21,25)(H,23,26). The molecule has 3 amide bonds. The molecule has 0 bridgehead atoms. The summed E-state index contributed by atoms with van der Waals surface area (Å²) in [4.78, 5) is 39.3. The lowest BCUT2D eigenvalue weighted by Gasteiger charge is -2.03. The molecule has 1 aliphatic rings. The SMILES string of the molecule is O=C1N=c2ccccc2=CC1=C=NNC(=O)C(=O)Nc1ccc(Cl)cc1. The Morgan fingerprint density at radius 2 is 1.77 bits per heavy atom. The van der Waals surface area contributed by atoms with Gasteiger partial charge in [-0.1, -0.05) is 29.8 Å². The van der Waals surface area contributed by atoms with E-state index in [9.17, 15) is 14.4 Å². The lowest BCUT2D eigenvalue weighted by molar-refractivity contribution is -0.136. The molecule has 1 aliphatic heterocycles. The van der Waals surface area contributed by atoms with E-state index in [0.717, 1.165) is 5.22 Å². The minimum absolute atomic E-state index is 0.0714. The van der Waals surface area contributed by atoms with Gasteiger partial charge in [-0.25, -0.2) is 10.4 Å². The average molecular weight is 367 g/mol. The minimum atomic E-state index is -1.01. The maximum atomic E-state index is 11.9. The Kier molecular flexibility index (Phi) is 5.03. The van der Waals surface area contributed by atoms with Gasteiger partial charge < -0.3 is 5.32 Å². The summed E-state index contributed by atoms with van der Waals surface area (Å²) >= 11 is 5.74. The van der Waals surface area contributed by atoms with Crippen LogP contribution in [-0.2, 0) is 14.4 Å². The van der Waals surface area contributed by atoms with Crippen LogP contribution in [0.1, 0.15) is 0 Å². The first-order valence-corrected chi connectivity index (χ1v) is 7.80. The molecular formula is C18H11ClN4O3. The zero-order valence-electron chi connectivity index (χ0n) is 13.2. The first-order chi connectivity index (χ1) is 12.5. The maximum absolute atomic E-state index is 11.9. The third kappa shape index (κ3) is 4.10. The molecule has 0 saturated heterocycles. The number of benzene rings is 2. The van der Waals surface area contributed by atoms with Crippen LogP contribution in [0.5, 0.6) is 0 Å². The number of hydrogen-bond donors (Lipinski definition) is 2. The van der Waals surface area contributed by atoms with Gasteiger partial charge in [0.1, 0.15) is 5.57 Å². The van der Waals surface area contributed by atoms with Gasteiger partial charge in [0.2, 0.25) is 0 Å². The lowest BCUT2D eigenvalue weighted by Crippen LogP contribution is -2.32. The molecule has 26 heavy (non-hydrogen) atoms. The van der Waals surface area contributed by atoms with Gasteiger partial charge in [-0.15, -0.1) is 5.10 Å². The van der Waals surface area contributed by atoms with Crippen LogP contribution in [0.25, 0.3) is 6.08 Å². The van der Waals surface area contributed by atoms with Crippen molar-refractivity contribution >= 4 is 47.0 Å². The highest BCUT2D eigenvalue weighted by atomic mass is 35.5. The van der Waals surface area contributed by atoms with Crippen LogP contribution in [-0.4, -0.2) is 23.6 Å². The first kappa shape index (κ1) is 17.3. The summed E-state index contributed by atoms with van der Waals surface area (Å²) in [7, 11) is 0. The summed E-state index contributed by atoms with van der Waals surface area (Å²) in [6.45, 7) is 0. The van der Waals surface area contributed by atoms with Crippen LogP contribution in [0.4, 0.5) is 5.69 Å². The fraction of sp³-hybridized carbons (Fsp3) is 0. The van der Waals surface area contributed by atoms with Crippen molar-refractivity contribution in [2.24, 2.45) is 10.1 Å². The summed E-state index contributed by atoms with van der Waals surface area (Å²) < 4.78 is 0. The van der Waals surface area contributed by atoms with Crippen molar-refractivity contribution in [2.75, 3.05) is 5.32 Å². The van der Waals surface area contributed by atoms with Crippen molar-refractivity contribution in [2.45, 2.75) is 0 Å². The van der Waals surface area contributed by atoms with Crippen LogP contribution >= 0.6 is 11.6 Å². The maximum Gasteiger partial charge on any atom is 0.330 e. The number of carbonyl (C=O) groups is 3. The van der Waals surface area contributed by atoms with Crippen molar-refractivity contribution < 1.29 is 14.4 Å². The molecule has 0 unspecified atom stereocenters. The Morgan fingerprint density at radius 1 is 1.04 bits per heavy atom. The first-order valence-electron chi connectivity index (χ1n) is 7.42. The number of carbonyl (C=O) groups excluding carboxylic acids is 3. The molecule has 2 aromatic carbocycles. The smallest absolute Gasteiger partial charge is 0.318 e. The summed E-state index contributed by atoms with van der Waals surface area (Å²) in [6, 6.07) is 13.3. The van der Waals surface area contributed by atoms with Crippen LogP contribution in [0, 0.1) is 0 Å². The Labute approximate surface area is 152 Å². The molecule has 0 spiro atoms. The highest BCUT2D eigenvalue weighted by Gasteiger charge is 2.13. The van der Waals surface area contributed by atoms with Gasteiger partial charge in [0.05, 0.1) is 5.36 Å². The zero-order valence-corrected chi connectivity index (χ0v) is 13.9. The Bertz CT molecular complexity index is 1080. The molecule has 128 valence electrons. The Balaban J connectivity index is 1.69. The predicted molar refractivity (Wildman–Crippen MR) is 95.9 cm³/mol. The van der Waals surface area contributed by atoms with Crippen LogP contribution in [0.15, 0.2) is 64.2 Å². The average Bonchev–Trinajstić information content (AvgIpc) is 2.63. The molecule has 2 aromatic rings. The third-order valence-corrected chi connectivity index (χ3v) is 3.58. The number of fused-ring (bicyclic) bond motifs is 1. The normalized spacial score (nSPS) is 12.0. The number of halogens is 1. The fourth-order valence-corrected chi connectivity index (χ4v) is 2.22. The number of amides is 3. The van der Waals surface area contributed by atoms with Crippen molar-refractivity contribution in [1.29, 1.82) is 0 Å². The van der Waals surface area contributed by atoms with E-state index in [2.05, 4.69) is 21.3 Å². The molecule has 0 aromatic heterocycles. The number of nitrogens with zero attached hydrogens (tertiary/aromatic N) is 2. The highest BCUT2D eigenvalue weighted by molar-refractivity contribution is 6.39. The van der Waals surface area contributed by atoms with Gasteiger partial charge in [-0.3, -0.25) is 14.4 Å².